The van der Waals surface area contributed by atoms with Gasteiger partial charge in [-0.05, 0) is 30.2 Å². The fourth-order valence-electron chi connectivity index (χ4n) is 4.09. The first-order chi connectivity index (χ1) is 16.0. The number of hydrazine groups is 1. The smallest absolute Gasteiger partial charge is 0.344 e. The van der Waals surface area contributed by atoms with Crippen molar-refractivity contribution in [3.8, 4) is 11.3 Å². The van der Waals surface area contributed by atoms with Crippen LogP contribution >= 0.6 is 0 Å². The lowest BCUT2D eigenvalue weighted by Crippen LogP contribution is -2.48. The lowest BCUT2D eigenvalue weighted by Gasteiger charge is -2.25. The molecule has 4 aromatic rings. The highest BCUT2D eigenvalue weighted by molar-refractivity contribution is 6.10. The second-order valence-electron chi connectivity index (χ2n) is 7.75. The molecule has 0 spiro atoms. The van der Waals surface area contributed by atoms with Gasteiger partial charge in [0.1, 0.15) is 11.1 Å². The molecule has 1 aliphatic rings. The van der Waals surface area contributed by atoms with E-state index in [0.29, 0.717) is 28.6 Å². The molecule has 8 heteroatoms. The molecule has 4 amide bonds. The van der Waals surface area contributed by atoms with Gasteiger partial charge in [0.05, 0.1) is 5.39 Å². The van der Waals surface area contributed by atoms with E-state index in [4.69, 9.17) is 4.52 Å². The van der Waals surface area contributed by atoms with E-state index in [-0.39, 0.29) is 5.56 Å². The van der Waals surface area contributed by atoms with Gasteiger partial charge in [0.15, 0.2) is 5.76 Å². The van der Waals surface area contributed by atoms with Gasteiger partial charge in [0.2, 0.25) is 0 Å². The van der Waals surface area contributed by atoms with Crippen LogP contribution in [0.15, 0.2) is 83.4 Å². The Morgan fingerprint density at radius 3 is 2.42 bits per heavy atom. The van der Waals surface area contributed by atoms with E-state index >= 15 is 0 Å². The predicted octanol–water partition coefficient (Wildman–Crippen LogP) is 4.00. The van der Waals surface area contributed by atoms with Gasteiger partial charge in [-0.3, -0.25) is 15.0 Å². The van der Waals surface area contributed by atoms with Crippen molar-refractivity contribution in [1.82, 2.24) is 20.9 Å². The van der Waals surface area contributed by atoms with Crippen molar-refractivity contribution in [2.75, 3.05) is 0 Å². The number of amides is 4. The molecule has 1 fully saturated rings. The van der Waals surface area contributed by atoms with E-state index in [9.17, 15) is 14.4 Å². The number of rotatable bonds is 5. The normalized spacial score (nSPS) is 17.9. The fourth-order valence-corrected chi connectivity index (χ4v) is 4.09. The third-order valence-corrected chi connectivity index (χ3v) is 5.88. The van der Waals surface area contributed by atoms with Crippen LogP contribution in [-0.2, 0) is 10.3 Å². The van der Waals surface area contributed by atoms with Crippen molar-refractivity contribution in [1.29, 1.82) is 0 Å². The fraction of sp³-hybridized carbons (Fsp3) is 0.120. The largest absolute Gasteiger partial charge is 0.355 e. The predicted molar refractivity (Wildman–Crippen MR) is 121 cm³/mol. The molecule has 3 aromatic carbocycles. The number of hydrogen-bond donors (Lipinski definition) is 2. The summed E-state index contributed by atoms with van der Waals surface area (Å²) in [5, 5.41) is 8.19. The van der Waals surface area contributed by atoms with Crippen LogP contribution in [0.3, 0.4) is 0 Å². The van der Waals surface area contributed by atoms with Gasteiger partial charge in [-0.1, -0.05) is 72.7 Å². The zero-order valence-corrected chi connectivity index (χ0v) is 17.7. The summed E-state index contributed by atoms with van der Waals surface area (Å²) in [4.78, 5) is 38.9. The Balaban J connectivity index is 1.44. The maximum Gasteiger partial charge on any atom is 0.344 e. The van der Waals surface area contributed by atoms with Crippen molar-refractivity contribution >= 4 is 28.7 Å². The van der Waals surface area contributed by atoms with Crippen LogP contribution < -0.4 is 10.7 Å². The first kappa shape index (κ1) is 20.4. The molecule has 164 valence electrons. The second kappa shape index (κ2) is 7.90. The highest BCUT2D eigenvalue weighted by Crippen LogP contribution is 2.32. The lowest BCUT2D eigenvalue weighted by atomic mass is 9.87. The SMILES string of the molecule is CC[C@]1(c2ccccc2)NC(=O)N(NC(=O)c2ccc3noc(-c4ccccc4)c3c2)C1=O. The monoisotopic (exact) mass is 440 g/mol. The molecule has 1 aliphatic heterocycles. The van der Waals surface area contributed by atoms with Gasteiger partial charge in [0.25, 0.3) is 11.8 Å². The zero-order chi connectivity index (χ0) is 23.0. The summed E-state index contributed by atoms with van der Waals surface area (Å²) in [5.74, 6) is -0.601. The summed E-state index contributed by atoms with van der Waals surface area (Å²) in [7, 11) is 0. The molecular formula is C25H20N4O4. The number of aromatic nitrogens is 1. The summed E-state index contributed by atoms with van der Waals surface area (Å²) in [6, 6.07) is 22.6. The zero-order valence-electron chi connectivity index (χ0n) is 17.7. The number of urea groups is 1. The molecule has 0 unspecified atom stereocenters. The van der Waals surface area contributed by atoms with Gasteiger partial charge in [0, 0.05) is 11.1 Å². The van der Waals surface area contributed by atoms with Crippen LogP contribution in [0.25, 0.3) is 22.2 Å². The number of carbonyl (C=O) groups excluding carboxylic acids is 3. The second-order valence-corrected chi connectivity index (χ2v) is 7.75. The third kappa shape index (κ3) is 3.32. The average Bonchev–Trinajstić information content (AvgIpc) is 3.39. The Morgan fingerprint density at radius 1 is 1.03 bits per heavy atom. The van der Waals surface area contributed by atoms with Crippen molar-refractivity contribution in [3.05, 3.63) is 90.0 Å². The maximum atomic E-state index is 13.2. The van der Waals surface area contributed by atoms with Gasteiger partial charge >= 0.3 is 6.03 Å². The average molecular weight is 440 g/mol. The van der Waals surface area contributed by atoms with Gasteiger partial charge in [-0.2, -0.15) is 5.01 Å². The van der Waals surface area contributed by atoms with Crippen LogP contribution in [0.2, 0.25) is 0 Å². The van der Waals surface area contributed by atoms with E-state index in [2.05, 4.69) is 15.9 Å². The number of benzene rings is 3. The number of hydrogen-bond acceptors (Lipinski definition) is 5. The molecule has 1 aromatic heterocycles. The molecule has 5 rings (SSSR count). The van der Waals surface area contributed by atoms with Crippen LogP contribution in [-0.4, -0.2) is 28.0 Å². The quantitative estimate of drug-likeness (QED) is 0.457. The first-order valence-corrected chi connectivity index (χ1v) is 10.5. The van der Waals surface area contributed by atoms with E-state index in [1.165, 1.54) is 0 Å². The first-order valence-electron chi connectivity index (χ1n) is 10.5. The molecule has 8 nitrogen and oxygen atoms in total. The minimum atomic E-state index is -1.23. The lowest BCUT2D eigenvalue weighted by molar-refractivity contribution is -0.133. The highest BCUT2D eigenvalue weighted by atomic mass is 16.5. The molecule has 33 heavy (non-hydrogen) atoms. The standard InChI is InChI=1S/C25H20N4O4/c1-2-25(18-11-7-4-8-12-18)23(31)29(24(32)26-25)27-22(30)17-13-14-20-19(15-17)21(33-28-20)16-9-5-3-6-10-16/h3-15H,2H2,1H3,(H,26,32)(H,27,30)/t25-/m1/s1. The molecule has 1 atom stereocenters. The third-order valence-electron chi connectivity index (χ3n) is 5.88. The van der Waals surface area contributed by atoms with E-state index in [0.717, 1.165) is 10.6 Å². The highest BCUT2D eigenvalue weighted by Gasteiger charge is 2.52. The van der Waals surface area contributed by atoms with E-state index < -0.39 is 23.4 Å². The Hall–Kier alpha value is -4.46. The van der Waals surface area contributed by atoms with Crippen molar-refractivity contribution in [3.63, 3.8) is 0 Å². The Bertz CT molecular complexity index is 1370. The molecule has 0 radical (unpaired) electrons. The molecule has 0 saturated carbocycles. The molecule has 2 heterocycles. The van der Waals surface area contributed by atoms with Crippen LogP contribution in [0.1, 0.15) is 29.3 Å². The maximum absolute atomic E-state index is 13.2. The van der Waals surface area contributed by atoms with E-state index in [1.807, 2.05) is 36.4 Å². The number of imide groups is 1. The molecule has 0 bridgehead atoms. The van der Waals surface area contributed by atoms with Crippen LogP contribution in [0.5, 0.6) is 0 Å². The van der Waals surface area contributed by atoms with E-state index in [1.54, 1.807) is 49.4 Å². The summed E-state index contributed by atoms with van der Waals surface area (Å²) in [5.41, 5.74) is 3.55. The number of carbonyl (C=O) groups is 3. The molecule has 1 saturated heterocycles. The van der Waals surface area contributed by atoms with Crippen LogP contribution in [0.4, 0.5) is 4.79 Å². The molecule has 0 aliphatic carbocycles. The van der Waals surface area contributed by atoms with Crippen molar-refractivity contribution in [2.45, 2.75) is 18.9 Å². The minimum Gasteiger partial charge on any atom is -0.355 e. The number of nitrogens with one attached hydrogen (secondary N) is 2. The summed E-state index contributed by atoms with van der Waals surface area (Å²) in [6.45, 7) is 1.81. The Kier molecular flexibility index (Phi) is 4.90. The van der Waals surface area contributed by atoms with Gasteiger partial charge < -0.3 is 9.84 Å². The minimum absolute atomic E-state index is 0.261. The number of nitrogens with zero attached hydrogens (tertiary/aromatic N) is 2. The molecular weight excluding hydrogens is 420 g/mol. The molecule has 2 N–H and O–H groups in total. The summed E-state index contributed by atoms with van der Waals surface area (Å²) >= 11 is 0. The van der Waals surface area contributed by atoms with Crippen LogP contribution in [0, 0.1) is 0 Å². The Labute approximate surface area is 189 Å². The van der Waals surface area contributed by atoms with Crippen molar-refractivity contribution < 1.29 is 18.9 Å². The van der Waals surface area contributed by atoms with Gasteiger partial charge in [-0.15, -0.1) is 0 Å². The Morgan fingerprint density at radius 2 is 1.73 bits per heavy atom. The number of fused-ring (bicyclic) bond motifs is 1. The summed E-state index contributed by atoms with van der Waals surface area (Å²) in [6.07, 6.45) is 0.334. The van der Waals surface area contributed by atoms with Crippen molar-refractivity contribution in [2.24, 2.45) is 0 Å². The topological polar surface area (TPSA) is 105 Å². The van der Waals surface area contributed by atoms with Gasteiger partial charge in [-0.25, -0.2) is 4.79 Å². The summed E-state index contributed by atoms with van der Waals surface area (Å²) < 4.78 is 5.48.